The van der Waals surface area contributed by atoms with Crippen molar-refractivity contribution in [2.75, 3.05) is 19.0 Å². The summed E-state index contributed by atoms with van der Waals surface area (Å²) in [7, 11) is 6.09. The molecule has 2 heterocycles. The van der Waals surface area contributed by atoms with E-state index >= 15 is 0 Å². The van der Waals surface area contributed by atoms with Gasteiger partial charge in [0.05, 0.1) is 22.4 Å². The number of nitrogens with zero attached hydrogens (tertiary/aromatic N) is 6. The van der Waals surface area contributed by atoms with E-state index in [2.05, 4.69) is 4.98 Å². The summed E-state index contributed by atoms with van der Waals surface area (Å²) in [6.45, 7) is 3.23. The molecular formula is C28H34ClF3N6O6. The van der Waals surface area contributed by atoms with Gasteiger partial charge >= 0.3 is 29.2 Å². The summed E-state index contributed by atoms with van der Waals surface area (Å²) in [5.74, 6) is -0.388. The highest BCUT2D eigenvalue weighted by Gasteiger charge is 2.35. The van der Waals surface area contributed by atoms with Crippen LogP contribution in [-0.2, 0) is 25.0 Å². The number of ether oxygens (including phenoxy) is 1. The summed E-state index contributed by atoms with van der Waals surface area (Å²) in [4.78, 5) is 66.4. The van der Waals surface area contributed by atoms with Crippen LogP contribution in [0.25, 0.3) is 5.69 Å². The predicted molar refractivity (Wildman–Crippen MR) is 158 cm³/mol. The molecule has 4 rings (SSSR count). The fourth-order valence-corrected chi connectivity index (χ4v) is 5.01. The third kappa shape index (κ3) is 7.49. The van der Waals surface area contributed by atoms with Crippen LogP contribution in [0, 0.1) is 0 Å². The summed E-state index contributed by atoms with van der Waals surface area (Å²) in [5.41, 5.74) is -4.69. The Hall–Kier alpha value is -4.14. The van der Waals surface area contributed by atoms with Gasteiger partial charge in [0, 0.05) is 40.3 Å². The van der Waals surface area contributed by atoms with Crippen LogP contribution in [0.3, 0.4) is 0 Å². The Labute approximate surface area is 254 Å². The molecular weight excluding hydrogens is 609 g/mol. The Morgan fingerprint density at radius 2 is 1.61 bits per heavy atom. The average molecular weight is 643 g/mol. The summed E-state index contributed by atoms with van der Waals surface area (Å²) in [6.07, 6.45) is -0.154. The number of carbonyl (C=O) groups excluding carboxylic acids is 1. The zero-order valence-electron chi connectivity index (χ0n) is 25.1. The molecule has 3 aromatic rings. The van der Waals surface area contributed by atoms with Crippen molar-refractivity contribution >= 4 is 23.5 Å². The molecule has 0 saturated heterocycles. The molecule has 0 bridgehead atoms. The second-order valence-corrected chi connectivity index (χ2v) is 11.2. The normalized spacial score (nSPS) is 13.8. The number of hydrogen-bond donors (Lipinski definition) is 0. The molecule has 1 aromatic carbocycles. The molecule has 16 heteroatoms. The van der Waals surface area contributed by atoms with Crippen LogP contribution >= 0.6 is 11.6 Å². The van der Waals surface area contributed by atoms with Crippen molar-refractivity contribution < 1.29 is 22.7 Å². The van der Waals surface area contributed by atoms with E-state index in [1.165, 1.54) is 27.7 Å². The van der Waals surface area contributed by atoms with Crippen LogP contribution < -0.4 is 27.5 Å². The average Bonchev–Trinajstić information content (AvgIpc) is 2.93. The van der Waals surface area contributed by atoms with Gasteiger partial charge < -0.3 is 9.64 Å². The molecule has 0 unspecified atom stereocenters. The minimum atomic E-state index is -4.86. The molecule has 1 saturated carbocycles. The Bertz CT molecular complexity index is 1770. The maximum atomic E-state index is 12.9. The number of esters is 1. The number of alkyl halides is 3. The number of benzene rings is 1. The Morgan fingerprint density at radius 3 is 2.16 bits per heavy atom. The second-order valence-electron chi connectivity index (χ2n) is 10.8. The van der Waals surface area contributed by atoms with Crippen LogP contribution in [0.2, 0.25) is 5.02 Å². The molecule has 0 aliphatic heterocycles. The van der Waals surface area contributed by atoms with Crippen molar-refractivity contribution in [1.29, 1.82) is 0 Å². The smallest absolute Gasteiger partial charge is 0.431 e. The fraction of sp³-hybridized carbons (Fsp3) is 0.500. The molecule has 12 nitrogen and oxygen atoms in total. The van der Waals surface area contributed by atoms with Gasteiger partial charge in [-0.05, 0) is 44.9 Å². The van der Waals surface area contributed by atoms with Gasteiger partial charge in [-0.2, -0.15) is 18.2 Å². The number of halogens is 4. The van der Waals surface area contributed by atoms with E-state index in [1.54, 1.807) is 39.9 Å². The van der Waals surface area contributed by atoms with Gasteiger partial charge in [-0.25, -0.2) is 28.3 Å². The minimum Gasteiger partial charge on any atom is -0.459 e. The van der Waals surface area contributed by atoms with Crippen LogP contribution in [0.5, 0.6) is 0 Å². The number of hydrogen-bond acceptors (Lipinski definition) is 8. The first-order valence-corrected chi connectivity index (χ1v) is 14.1. The predicted octanol–water partition coefficient (Wildman–Crippen LogP) is 3.29. The number of aromatic nitrogens is 5. The molecule has 240 valence electrons. The standard InChI is InChI=1S/C16H14ClF3N2O4.C12H20N4O2/c1-8(2)26-14(24)10-6-9(4-5-11(10)17)22-13(23)7-12(16(18,19)20)21(3)15(22)25;1-14(2)10-13-11(17)16(12(18)15(10)3)9-7-5-4-6-8-9/h4-8H,1-3H3;9H,4-8H2,1-3H3. The number of rotatable bonds is 5. The molecule has 0 atom stereocenters. The molecule has 1 aliphatic carbocycles. The minimum absolute atomic E-state index is 0.0104. The second kappa shape index (κ2) is 13.7. The first-order chi connectivity index (χ1) is 20.4. The molecule has 0 N–H and O–H groups in total. The lowest BCUT2D eigenvalue weighted by molar-refractivity contribution is -0.144. The maximum absolute atomic E-state index is 12.9. The highest BCUT2D eigenvalue weighted by molar-refractivity contribution is 6.33. The zero-order valence-corrected chi connectivity index (χ0v) is 25.9. The van der Waals surface area contributed by atoms with Gasteiger partial charge in [-0.3, -0.25) is 13.9 Å². The SMILES string of the molecule is CC(C)OC(=O)c1cc(-n2c(=O)cc(C(F)(F)F)n(C)c2=O)ccc1Cl.CN(C)c1nc(=O)n(C2CCCCC2)c(=O)n1C. The van der Waals surface area contributed by atoms with E-state index in [1.807, 2.05) is 0 Å². The van der Waals surface area contributed by atoms with Crippen molar-refractivity contribution in [2.24, 2.45) is 14.1 Å². The molecule has 0 radical (unpaired) electrons. The molecule has 0 amide bonds. The third-order valence-corrected chi connectivity index (χ3v) is 7.25. The van der Waals surface area contributed by atoms with E-state index in [-0.39, 0.29) is 28.0 Å². The van der Waals surface area contributed by atoms with Gasteiger partial charge in [-0.1, -0.05) is 30.9 Å². The summed E-state index contributed by atoms with van der Waals surface area (Å²) >= 11 is 5.94. The number of carbonyl (C=O) groups is 1. The van der Waals surface area contributed by atoms with E-state index in [9.17, 15) is 37.1 Å². The lowest BCUT2D eigenvalue weighted by Gasteiger charge is -2.24. The van der Waals surface area contributed by atoms with E-state index in [0.717, 1.165) is 38.8 Å². The molecule has 0 spiro atoms. The van der Waals surface area contributed by atoms with Gasteiger partial charge in [0.15, 0.2) is 0 Å². The van der Waals surface area contributed by atoms with Crippen molar-refractivity contribution in [3.8, 4) is 5.69 Å². The molecule has 1 aliphatic rings. The van der Waals surface area contributed by atoms with Crippen molar-refractivity contribution in [1.82, 2.24) is 23.3 Å². The largest absolute Gasteiger partial charge is 0.459 e. The summed E-state index contributed by atoms with van der Waals surface area (Å²) < 4.78 is 47.3. The van der Waals surface area contributed by atoms with Crippen molar-refractivity contribution in [3.63, 3.8) is 0 Å². The van der Waals surface area contributed by atoms with Gasteiger partial charge in [0.2, 0.25) is 5.95 Å². The van der Waals surface area contributed by atoms with Crippen molar-refractivity contribution in [2.45, 2.75) is 64.3 Å². The number of anilines is 1. The fourth-order valence-electron chi connectivity index (χ4n) is 4.82. The quantitative estimate of drug-likeness (QED) is 0.388. The first-order valence-electron chi connectivity index (χ1n) is 13.7. The molecule has 44 heavy (non-hydrogen) atoms. The zero-order chi connectivity index (χ0) is 33.1. The maximum Gasteiger partial charge on any atom is 0.431 e. The lowest BCUT2D eigenvalue weighted by Crippen LogP contribution is -2.45. The van der Waals surface area contributed by atoms with E-state index in [0.29, 0.717) is 21.1 Å². The summed E-state index contributed by atoms with van der Waals surface area (Å²) in [6, 6.07) is 3.93. The third-order valence-electron chi connectivity index (χ3n) is 6.92. The van der Waals surface area contributed by atoms with Crippen LogP contribution in [-0.4, -0.2) is 49.4 Å². The van der Waals surface area contributed by atoms with Gasteiger partial charge in [0.1, 0.15) is 5.69 Å². The Kier molecular flexibility index (Phi) is 10.7. The van der Waals surface area contributed by atoms with Crippen LogP contribution in [0.1, 0.15) is 68.0 Å². The highest BCUT2D eigenvalue weighted by Crippen LogP contribution is 2.28. The van der Waals surface area contributed by atoms with E-state index in [4.69, 9.17) is 16.3 Å². The van der Waals surface area contributed by atoms with Gasteiger partial charge in [-0.15, -0.1) is 0 Å². The van der Waals surface area contributed by atoms with Crippen LogP contribution in [0.4, 0.5) is 19.1 Å². The van der Waals surface area contributed by atoms with Crippen molar-refractivity contribution in [3.05, 3.63) is 82.4 Å². The van der Waals surface area contributed by atoms with E-state index < -0.39 is 40.9 Å². The molecule has 1 fully saturated rings. The highest BCUT2D eigenvalue weighted by atomic mass is 35.5. The van der Waals surface area contributed by atoms with Gasteiger partial charge in [0.25, 0.3) is 5.56 Å². The molecule has 2 aromatic heterocycles. The monoisotopic (exact) mass is 642 g/mol. The first kappa shape index (κ1) is 34.4. The lowest BCUT2D eigenvalue weighted by atomic mass is 9.95. The Balaban J connectivity index is 0.000000257. The summed E-state index contributed by atoms with van der Waals surface area (Å²) in [5, 5.41) is 0.0104. The van der Waals surface area contributed by atoms with Crippen LogP contribution in [0.15, 0.2) is 43.4 Å². The Morgan fingerprint density at radius 1 is 1.00 bits per heavy atom. The topological polar surface area (TPSA) is 130 Å².